The van der Waals surface area contributed by atoms with Gasteiger partial charge in [0, 0.05) is 13.1 Å². The van der Waals surface area contributed by atoms with E-state index in [-0.39, 0.29) is 0 Å². The number of hydrogen-bond acceptors (Lipinski definition) is 3. The molecule has 0 unspecified atom stereocenters. The first-order valence-electron chi connectivity index (χ1n) is 8.23. The molecule has 4 nitrogen and oxygen atoms in total. The SMILES string of the molecule is COc1ccc2cc(S(=O)(=O)N3CCc4ccccc4C3)ccc2c1. The third-order valence-corrected chi connectivity index (χ3v) is 6.59. The van der Waals surface area contributed by atoms with Crippen LogP contribution in [0.4, 0.5) is 0 Å². The average Bonchev–Trinajstić information content (AvgIpc) is 2.66. The van der Waals surface area contributed by atoms with E-state index >= 15 is 0 Å². The molecule has 0 spiro atoms. The Labute approximate surface area is 147 Å². The molecule has 1 aliphatic heterocycles. The van der Waals surface area contributed by atoms with Crippen LogP contribution in [-0.4, -0.2) is 26.4 Å². The summed E-state index contributed by atoms with van der Waals surface area (Å²) in [5.74, 6) is 0.760. The molecule has 0 amide bonds. The standard InChI is InChI=1S/C20H19NO3S/c1-24-19-8-6-17-13-20(9-7-16(17)12-19)25(22,23)21-11-10-15-4-2-3-5-18(15)14-21/h2-9,12-13H,10-11,14H2,1H3. The first-order chi connectivity index (χ1) is 12.1. The highest BCUT2D eigenvalue weighted by atomic mass is 32.2. The van der Waals surface area contributed by atoms with Crippen LogP contribution in [0.5, 0.6) is 5.75 Å². The van der Waals surface area contributed by atoms with E-state index in [2.05, 4.69) is 6.07 Å². The molecule has 128 valence electrons. The molecule has 0 saturated heterocycles. The van der Waals surface area contributed by atoms with Crippen molar-refractivity contribution in [1.29, 1.82) is 0 Å². The second-order valence-corrected chi connectivity index (χ2v) is 8.17. The van der Waals surface area contributed by atoms with Crippen molar-refractivity contribution < 1.29 is 13.2 Å². The summed E-state index contributed by atoms with van der Waals surface area (Å²) in [4.78, 5) is 0.338. The number of rotatable bonds is 3. The molecule has 0 aliphatic carbocycles. The van der Waals surface area contributed by atoms with E-state index < -0.39 is 10.0 Å². The zero-order valence-electron chi connectivity index (χ0n) is 14.0. The van der Waals surface area contributed by atoms with Crippen molar-refractivity contribution in [3.63, 3.8) is 0 Å². The minimum absolute atomic E-state index is 0.338. The van der Waals surface area contributed by atoms with Crippen LogP contribution in [0.1, 0.15) is 11.1 Å². The molecule has 0 aromatic heterocycles. The lowest BCUT2D eigenvalue weighted by molar-refractivity contribution is 0.391. The molecule has 25 heavy (non-hydrogen) atoms. The van der Waals surface area contributed by atoms with Gasteiger partial charge in [-0.1, -0.05) is 36.4 Å². The third-order valence-electron chi connectivity index (χ3n) is 4.75. The van der Waals surface area contributed by atoms with Gasteiger partial charge in [0.25, 0.3) is 0 Å². The smallest absolute Gasteiger partial charge is 0.243 e. The molecular weight excluding hydrogens is 334 g/mol. The summed E-state index contributed by atoms with van der Waals surface area (Å²) >= 11 is 0. The summed E-state index contributed by atoms with van der Waals surface area (Å²) in [6, 6.07) is 18.9. The Hall–Kier alpha value is -2.37. The van der Waals surface area contributed by atoms with Crippen LogP contribution < -0.4 is 4.74 Å². The summed E-state index contributed by atoms with van der Waals surface area (Å²) in [5.41, 5.74) is 2.32. The Morgan fingerprint density at radius 1 is 0.920 bits per heavy atom. The maximum Gasteiger partial charge on any atom is 0.243 e. The van der Waals surface area contributed by atoms with Crippen LogP contribution in [-0.2, 0) is 23.0 Å². The Bertz CT molecular complexity index is 1040. The number of hydrogen-bond donors (Lipinski definition) is 0. The lowest BCUT2D eigenvalue weighted by atomic mass is 10.0. The van der Waals surface area contributed by atoms with E-state index in [1.807, 2.05) is 42.5 Å². The summed E-state index contributed by atoms with van der Waals surface area (Å²) in [5, 5.41) is 1.85. The molecule has 0 N–H and O–H groups in total. The Balaban J connectivity index is 1.70. The zero-order valence-corrected chi connectivity index (χ0v) is 14.8. The minimum Gasteiger partial charge on any atom is -0.497 e. The van der Waals surface area contributed by atoms with Crippen molar-refractivity contribution in [3.8, 4) is 5.75 Å². The van der Waals surface area contributed by atoms with Crippen molar-refractivity contribution in [2.24, 2.45) is 0 Å². The van der Waals surface area contributed by atoms with E-state index in [4.69, 9.17) is 4.74 Å². The fourth-order valence-corrected chi connectivity index (χ4v) is 4.77. The van der Waals surface area contributed by atoms with E-state index in [1.54, 1.807) is 23.5 Å². The van der Waals surface area contributed by atoms with Gasteiger partial charge in [-0.2, -0.15) is 4.31 Å². The van der Waals surface area contributed by atoms with Crippen molar-refractivity contribution in [2.45, 2.75) is 17.9 Å². The van der Waals surface area contributed by atoms with E-state index in [9.17, 15) is 8.42 Å². The molecule has 5 heteroatoms. The lowest BCUT2D eigenvalue weighted by Gasteiger charge is -2.28. The quantitative estimate of drug-likeness (QED) is 0.723. The van der Waals surface area contributed by atoms with Crippen molar-refractivity contribution >= 4 is 20.8 Å². The molecule has 3 aromatic carbocycles. The van der Waals surface area contributed by atoms with Gasteiger partial charge in [0.2, 0.25) is 10.0 Å². The van der Waals surface area contributed by atoms with E-state index in [0.717, 1.165) is 28.5 Å². The minimum atomic E-state index is -3.51. The van der Waals surface area contributed by atoms with Crippen LogP contribution >= 0.6 is 0 Å². The molecular formula is C20H19NO3S. The highest BCUT2D eigenvalue weighted by Crippen LogP contribution is 2.28. The van der Waals surface area contributed by atoms with Crippen molar-refractivity contribution in [1.82, 2.24) is 4.31 Å². The number of fused-ring (bicyclic) bond motifs is 2. The maximum absolute atomic E-state index is 13.1. The molecule has 0 atom stereocenters. The lowest BCUT2D eigenvalue weighted by Crippen LogP contribution is -2.35. The molecule has 1 heterocycles. The number of ether oxygens (including phenoxy) is 1. The average molecular weight is 353 g/mol. The number of sulfonamides is 1. The van der Waals surface area contributed by atoms with Gasteiger partial charge in [-0.25, -0.2) is 8.42 Å². The molecule has 0 saturated carbocycles. The molecule has 0 bridgehead atoms. The molecule has 0 fully saturated rings. The molecule has 3 aromatic rings. The number of benzene rings is 3. The van der Waals surface area contributed by atoms with Crippen LogP contribution in [0.3, 0.4) is 0 Å². The Morgan fingerprint density at radius 3 is 2.44 bits per heavy atom. The monoisotopic (exact) mass is 353 g/mol. The van der Waals surface area contributed by atoms with Crippen LogP contribution in [0.2, 0.25) is 0 Å². The van der Waals surface area contributed by atoms with Crippen molar-refractivity contribution in [2.75, 3.05) is 13.7 Å². The van der Waals surface area contributed by atoms with Gasteiger partial charge in [0.15, 0.2) is 0 Å². The summed E-state index contributed by atoms with van der Waals surface area (Å²) in [6.45, 7) is 0.944. The predicted octanol–water partition coefficient (Wildman–Crippen LogP) is 3.60. The van der Waals surface area contributed by atoms with Crippen molar-refractivity contribution in [3.05, 3.63) is 71.8 Å². The molecule has 4 rings (SSSR count). The first kappa shape index (κ1) is 16.1. The predicted molar refractivity (Wildman–Crippen MR) is 98.2 cm³/mol. The number of nitrogens with zero attached hydrogens (tertiary/aromatic N) is 1. The topological polar surface area (TPSA) is 46.6 Å². The van der Waals surface area contributed by atoms with E-state index in [0.29, 0.717) is 18.0 Å². The van der Waals surface area contributed by atoms with Gasteiger partial charge in [-0.3, -0.25) is 0 Å². The van der Waals surface area contributed by atoms with Gasteiger partial charge in [0.05, 0.1) is 12.0 Å². The van der Waals surface area contributed by atoms with Gasteiger partial charge in [-0.15, -0.1) is 0 Å². The van der Waals surface area contributed by atoms with Crippen LogP contribution in [0.25, 0.3) is 10.8 Å². The summed E-state index contributed by atoms with van der Waals surface area (Å²) in [6.07, 6.45) is 0.750. The largest absolute Gasteiger partial charge is 0.497 e. The highest BCUT2D eigenvalue weighted by molar-refractivity contribution is 7.89. The van der Waals surface area contributed by atoms with Gasteiger partial charge in [0.1, 0.15) is 5.75 Å². The van der Waals surface area contributed by atoms with Crippen LogP contribution in [0, 0.1) is 0 Å². The molecule has 0 radical (unpaired) electrons. The summed E-state index contributed by atoms with van der Waals surface area (Å²) < 4.78 is 32.9. The Kier molecular flexibility index (Phi) is 3.98. The second kappa shape index (κ2) is 6.17. The normalized spacial score (nSPS) is 15.1. The van der Waals surface area contributed by atoms with Gasteiger partial charge < -0.3 is 4.74 Å². The van der Waals surface area contributed by atoms with Gasteiger partial charge in [-0.05, 0) is 52.6 Å². The highest BCUT2D eigenvalue weighted by Gasteiger charge is 2.28. The second-order valence-electron chi connectivity index (χ2n) is 6.23. The van der Waals surface area contributed by atoms with E-state index in [1.165, 1.54) is 5.56 Å². The third kappa shape index (κ3) is 2.90. The Morgan fingerprint density at radius 2 is 1.64 bits per heavy atom. The zero-order chi connectivity index (χ0) is 17.4. The number of methoxy groups -OCH3 is 1. The van der Waals surface area contributed by atoms with Crippen LogP contribution in [0.15, 0.2) is 65.6 Å². The fourth-order valence-electron chi connectivity index (χ4n) is 3.31. The molecule has 1 aliphatic rings. The first-order valence-corrected chi connectivity index (χ1v) is 9.67. The van der Waals surface area contributed by atoms with Gasteiger partial charge >= 0.3 is 0 Å². The maximum atomic E-state index is 13.1. The summed E-state index contributed by atoms with van der Waals surface area (Å²) in [7, 11) is -1.89. The fraction of sp³-hybridized carbons (Fsp3) is 0.200.